The molecule has 2 aromatic carbocycles. The van der Waals surface area contributed by atoms with Gasteiger partial charge in [-0.2, -0.15) is 5.10 Å². The third-order valence-corrected chi connectivity index (χ3v) is 4.73. The summed E-state index contributed by atoms with van der Waals surface area (Å²) in [6.07, 6.45) is 0. The first-order valence-corrected chi connectivity index (χ1v) is 8.76. The Balaban J connectivity index is 1.92. The number of nitrogens with zero attached hydrogens (tertiary/aromatic N) is 2. The number of hydrazone groups is 1. The highest BCUT2D eigenvalue weighted by Crippen LogP contribution is 2.18. The second-order valence-electron chi connectivity index (χ2n) is 5.42. The predicted molar refractivity (Wildman–Crippen MR) is 101 cm³/mol. The predicted octanol–water partition coefficient (Wildman–Crippen LogP) is 3.76. The number of carbonyl (C=O) groups excluding carboxylic acids is 1. The van der Waals surface area contributed by atoms with Gasteiger partial charge in [0.25, 0.3) is 11.6 Å². The topological polar surface area (TPSA) is 84.6 Å². The van der Waals surface area contributed by atoms with Crippen LogP contribution in [0.4, 0.5) is 5.69 Å². The number of hydrogen-bond donors (Lipinski definition) is 1. The Morgan fingerprint density at radius 2 is 1.96 bits per heavy atom. The largest absolute Gasteiger partial charge is 0.272 e. The Hall–Kier alpha value is -2.67. The molecule has 25 heavy (non-hydrogen) atoms. The molecule has 0 radical (unpaired) electrons. The molecule has 0 bridgehead atoms. The number of non-ortho nitro benzene ring substituents is 1. The van der Waals surface area contributed by atoms with Gasteiger partial charge in [0.15, 0.2) is 0 Å². The molecule has 0 aliphatic carbocycles. The zero-order valence-corrected chi connectivity index (χ0v) is 14.8. The Morgan fingerprint density at radius 1 is 1.24 bits per heavy atom. The monoisotopic (exact) mass is 357 g/mol. The van der Waals surface area contributed by atoms with E-state index >= 15 is 0 Å². The number of nitrogens with one attached hydrogen (secondary N) is 1. The van der Waals surface area contributed by atoms with Gasteiger partial charge in [0.2, 0.25) is 0 Å². The molecule has 2 aromatic rings. The molecule has 1 atom stereocenters. The third kappa shape index (κ3) is 5.72. The van der Waals surface area contributed by atoms with Crippen molar-refractivity contribution >= 4 is 29.1 Å². The molecule has 7 heteroatoms. The molecule has 2 rings (SSSR count). The minimum absolute atomic E-state index is 0.00911. The van der Waals surface area contributed by atoms with E-state index in [1.165, 1.54) is 23.9 Å². The summed E-state index contributed by atoms with van der Waals surface area (Å²) in [5, 5.41) is 14.6. The lowest BCUT2D eigenvalue weighted by Gasteiger charge is -2.10. The van der Waals surface area contributed by atoms with Gasteiger partial charge in [-0.25, -0.2) is 5.43 Å². The van der Waals surface area contributed by atoms with E-state index < -0.39 is 4.92 Å². The van der Waals surface area contributed by atoms with Crippen LogP contribution in [0.2, 0.25) is 0 Å². The summed E-state index contributed by atoms with van der Waals surface area (Å²) in [6.45, 7) is 3.52. The first-order valence-electron chi connectivity index (χ1n) is 7.72. The molecule has 0 spiro atoms. The quantitative estimate of drug-likeness (QED) is 0.464. The van der Waals surface area contributed by atoms with Crippen LogP contribution in [-0.4, -0.2) is 21.8 Å². The molecule has 0 aromatic heterocycles. The van der Waals surface area contributed by atoms with Crippen molar-refractivity contribution in [2.75, 3.05) is 0 Å². The zero-order valence-electron chi connectivity index (χ0n) is 14.0. The molecule has 0 heterocycles. The maximum Gasteiger partial charge on any atom is 0.270 e. The third-order valence-electron chi connectivity index (χ3n) is 3.52. The van der Waals surface area contributed by atoms with Crippen molar-refractivity contribution in [3.8, 4) is 0 Å². The molecule has 1 N–H and O–H groups in total. The van der Waals surface area contributed by atoms with Crippen LogP contribution < -0.4 is 5.43 Å². The average molecular weight is 357 g/mol. The van der Waals surface area contributed by atoms with Crippen molar-refractivity contribution in [1.82, 2.24) is 5.43 Å². The minimum atomic E-state index is -0.461. The van der Waals surface area contributed by atoms with E-state index in [1.54, 1.807) is 19.1 Å². The molecule has 0 saturated carbocycles. The van der Waals surface area contributed by atoms with E-state index in [4.69, 9.17) is 0 Å². The fourth-order valence-corrected chi connectivity index (χ4v) is 2.85. The van der Waals surface area contributed by atoms with Gasteiger partial charge in [-0.15, -0.1) is 11.8 Å². The van der Waals surface area contributed by atoms with E-state index in [0.717, 1.165) is 11.3 Å². The molecule has 0 aliphatic heterocycles. The lowest BCUT2D eigenvalue weighted by molar-refractivity contribution is -0.384. The van der Waals surface area contributed by atoms with Crippen LogP contribution >= 0.6 is 11.8 Å². The first-order chi connectivity index (χ1) is 12.0. The van der Waals surface area contributed by atoms with Gasteiger partial charge in [0.05, 0.1) is 15.9 Å². The second-order valence-corrected chi connectivity index (χ2v) is 6.75. The lowest BCUT2D eigenvalue weighted by Crippen LogP contribution is -2.27. The van der Waals surface area contributed by atoms with E-state index in [2.05, 4.69) is 10.5 Å². The summed E-state index contributed by atoms with van der Waals surface area (Å²) >= 11 is 1.52. The summed E-state index contributed by atoms with van der Waals surface area (Å²) in [6, 6.07) is 16.1. The van der Waals surface area contributed by atoms with Gasteiger partial charge < -0.3 is 0 Å². The smallest absolute Gasteiger partial charge is 0.270 e. The van der Waals surface area contributed by atoms with Crippen LogP contribution in [-0.2, 0) is 10.5 Å². The number of hydrogen-bond acceptors (Lipinski definition) is 5. The normalized spacial score (nSPS) is 12.5. The molecular weight excluding hydrogens is 338 g/mol. The number of amides is 1. The van der Waals surface area contributed by atoms with E-state index in [-0.39, 0.29) is 16.8 Å². The number of benzene rings is 2. The second kappa shape index (κ2) is 8.98. The summed E-state index contributed by atoms with van der Waals surface area (Å²) in [7, 11) is 0. The van der Waals surface area contributed by atoms with Crippen LogP contribution in [0, 0.1) is 10.1 Å². The standard InChI is InChI=1S/C18H19N3O3S/c1-13(16-9-6-10-17(11-16)21(23)24)19-20-18(22)14(2)25-12-15-7-4-3-5-8-15/h3-11,14H,12H2,1-2H3,(H,20,22)/b19-13-/t14-/m0/s1. The fraction of sp³-hybridized carbons (Fsp3) is 0.222. The van der Waals surface area contributed by atoms with Crippen LogP contribution in [0.15, 0.2) is 59.7 Å². The SMILES string of the molecule is C/C(=N/NC(=O)[C@H](C)SCc1ccccc1)c1cccc([N+](=O)[O-])c1. The van der Waals surface area contributed by atoms with Crippen LogP contribution in [0.1, 0.15) is 25.0 Å². The van der Waals surface area contributed by atoms with Gasteiger partial charge in [-0.05, 0) is 19.4 Å². The van der Waals surface area contributed by atoms with Crippen molar-refractivity contribution in [1.29, 1.82) is 0 Å². The molecule has 0 aliphatic rings. The minimum Gasteiger partial charge on any atom is -0.272 e. The van der Waals surface area contributed by atoms with E-state index in [0.29, 0.717) is 11.3 Å². The molecule has 6 nitrogen and oxygen atoms in total. The van der Waals surface area contributed by atoms with Gasteiger partial charge >= 0.3 is 0 Å². The molecular formula is C18H19N3O3S. The molecule has 0 unspecified atom stereocenters. The van der Waals surface area contributed by atoms with Crippen molar-refractivity contribution in [3.05, 3.63) is 75.8 Å². The highest BCUT2D eigenvalue weighted by molar-refractivity contribution is 7.99. The Labute approximate surface area is 150 Å². The summed E-state index contributed by atoms with van der Waals surface area (Å²) in [5.41, 5.74) is 4.78. The van der Waals surface area contributed by atoms with E-state index in [1.807, 2.05) is 37.3 Å². The molecule has 130 valence electrons. The Morgan fingerprint density at radius 3 is 2.64 bits per heavy atom. The maximum absolute atomic E-state index is 12.1. The molecule has 0 fully saturated rings. The highest BCUT2D eigenvalue weighted by atomic mass is 32.2. The molecule has 0 saturated heterocycles. The number of nitro benzene ring substituents is 1. The van der Waals surface area contributed by atoms with E-state index in [9.17, 15) is 14.9 Å². The molecule has 1 amide bonds. The highest BCUT2D eigenvalue weighted by Gasteiger charge is 2.13. The number of thioether (sulfide) groups is 1. The zero-order chi connectivity index (χ0) is 18.2. The van der Waals surface area contributed by atoms with Gasteiger partial charge in [-0.1, -0.05) is 42.5 Å². The number of rotatable bonds is 7. The summed E-state index contributed by atoms with van der Waals surface area (Å²) in [4.78, 5) is 22.5. The summed E-state index contributed by atoms with van der Waals surface area (Å²) < 4.78 is 0. The fourth-order valence-electron chi connectivity index (χ4n) is 2.01. The van der Waals surface area contributed by atoms with Crippen molar-refractivity contribution < 1.29 is 9.72 Å². The average Bonchev–Trinajstić information content (AvgIpc) is 2.64. The van der Waals surface area contributed by atoms with Gasteiger partial charge in [-0.3, -0.25) is 14.9 Å². The number of nitro groups is 1. The van der Waals surface area contributed by atoms with Crippen LogP contribution in [0.5, 0.6) is 0 Å². The van der Waals surface area contributed by atoms with Crippen molar-refractivity contribution in [2.45, 2.75) is 24.9 Å². The Bertz CT molecular complexity index is 778. The van der Waals surface area contributed by atoms with Crippen LogP contribution in [0.3, 0.4) is 0 Å². The maximum atomic E-state index is 12.1. The van der Waals surface area contributed by atoms with Crippen molar-refractivity contribution in [2.24, 2.45) is 5.10 Å². The summed E-state index contributed by atoms with van der Waals surface area (Å²) in [5.74, 6) is 0.536. The lowest BCUT2D eigenvalue weighted by atomic mass is 10.1. The first kappa shape index (κ1) is 18.7. The van der Waals surface area contributed by atoms with Crippen molar-refractivity contribution in [3.63, 3.8) is 0 Å². The van der Waals surface area contributed by atoms with Gasteiger partial charge in [0.1, 0.15) is 0 Å². The number of carbonyl (C=O) groups is 1. The van der Waals surface area contributed by atoms with Crippen LogP contribution in [0.25, 0.3) is 0 Å². The van der Waals surface area contributed by atoms with Gasteiger partial charge in [0, 0.05) is 23.4 Å². The Kier molecular flexibility index (Phi) is 6.71.